The molecular weight excluding hydrogens is 1060 g/mol. The Bertz CT molecular complexity index is 1570. The summed E-state index contributed by atoms with van der Waals surface area (Å²) in [5.74, 6) is -1.18. The lowest BCUT2D eigenvalue weighted by Gasteiger charge is -2.41. The molecular formula is C74H137NO10. The second kappa shape index (κ2) is 61.8. The van der Waals surface area contributed by atoms with Gasteiger partial charge in [-0.15, -0.1) is 0 Å². The fourth-order valence-corrected chi connectivity index (χ4v) is 11.4. The zero-order chi connectivity index (χ0) is 61.7. The van der Waals surface area contributed by atoms with E-state index in [1.165, 1.54) is 231 Å². The lowest BCUT2D eigenvalue weighted by Crippen LogP contribution is -2.61. The van der Waals surface area contributed by atoms with Crippen LogP contribution in [0.1, 0.15) is 348 Å². The predicted molar refractivity (Wildman–Crippen MR) is 357 cm³/mol. The van der Waals surface area contributed by atoms with Crippen LogP contribution in [0.5, 0.6) is 0 Å². The Balaban J connectivity index is 2.56. The van der Waals surface area contributed by atoms with E-state index in [1.807, 2.05) is 6.08 Å². The Kier molecular flexibility index (Phi) is 58.7. The summed E-state index contributed by atoms with van der Waals surface area (Å²) in [4.78, 5) is 26.7. The number of aliphatic hydroxyl groups excluding tert-OH is 5. The normalized spacial score (nSPS) is 18.6. The zero-order valence-corrected chi connectivity index (χ0v) is 55.5. The Labute approximate surface area is 523 Å². The van der Waals surface area contributed by atoms with E-state index >= 15 is 0 Å². The summed E-state index contributed by atoms with van der Waals surface area (Å²) in [7, 11) is 0. The molecule has 85 heavy (non-hydrogen) atoms. The summed E-state index contributed by atoms with van der Waals surface area (Å²) < 4.78 is 17.7. The van der Waals surface area contributed by atoms with E-state index in [1.54, 1.807) is 6.08 Å². The van der Waals surface area contributed by atoms with Gasteiger partial charge in [-0.05, 0) is 83.5 Å². The quantitative estimate of drug-likeness (QED) is 0.0195. The van der Waals surface area contributed by atoms with Crippen LogP contribution in [0.25, 0.3) is 0 Å². The first-order chi connectivity index (χ1) is 41.7. The van der Waals surface area contributed by atoms with E-state index in [4.69, 9.17) is 14.2 Å². The van der Waals surface area contributed by atoms with E-state index in [0.717, 1.165) is 70.6 Å². The summed E-state index contributed by atoms with van der Waals surface area (Å²) in [5, 5.41) is 57.3. The van der Waals surface area contributed by atoms with Crippen LogP contribution in [-0.4, -0.2) is 99.6 Å². The molecule has 1 saturated heterocycles. The van der Waals surface area contributed by atoms with Crippen LogP contribution < -0.4 is 5.32 Å². The Morgan fingerprint density at radius 1 is 0.459 bits per heavy atom. The second-order valence-corrected chi connectivity index (χ2v) is 25.3. The van der Waals surface area contributed by atoms with Gasteiger partial charge in [-0.3, -0.25) is 9.59 Å². The highest BCUT2D eigenvalue weighted by Gasteiger charge is 2.47. The van der Waals surface area contributed by atoms with E-state index in [-0.39, 0.29) is 13.0 Å². The average molecular weight is 1200 g/mol. The molecule has 1 aliphatic heterocycles. The Hall–Kier alpha value is -2.38. The number of hydrogen-bond acceptors (Lipinski definition) is 10. The highest BCUT2D eigenvalue weighted by atomic mass is 16.7. The summed E-state index contributed by atoms with van der Waals surface area (Å²) >= 11 is 0. The van der Waals surface area contributed by atoms with E-state index < -0.39 is 67.4 Å². The smallest absolute Gasteiger partial charge is 0.306 e. The molecule has 0 aliphatic carbocycles. The molecule has 1 fully saturated rings. The number of allylic oxidation sites excluding steroid dienone is 7. The van der Waals surface area contributed by atoms with Crippen LogP contribution >= 0.6 is 0 Å². The minimum absolute atomic E-state index is 0.125. The van der Waals surface area contributed by atoms with Crippen molar-refractivity contribution in [1.29, 1.82) is 0 Å². The zero-order valence-electron chi connectivity index (χ0n) is 55.5. The number of rotatable bonds is 63. The SMILES string of the molecule is CCCCC/C=C\C/C=C\CCCCCCCCCCCCCCCCCC(=O)OC1C(OCC(NC(=O)C(O)CCCCCCCCCC/C=C/CCCCCCCC)C(O)/C=C/CCCCCCCCCCCCC)OC(CO)C(O)C1O. The van der Waals surface area contributed by atoms with Gasteiger partial charge in [-0.2, -0.15) is 0 Å². The number of nitrogens with one attached hydrogen (secondary N) is 1. The number of hydrogen-bond donors (Lipinski definition) is 6. The van der Waals surface area contributed by atoms with Crippen molar-refractivity contribution < 1.29 is 49.3 Å². The highest BCUT2D eigenvalue weighted by molar-refractivity contribution is 5.80. The van der Waals surface area contributed by atoms with Crippen LogP contribution in [0, 0.1) is 0 Å². The third kappa shape index (κ3) is 49.1. The Morgan fingerprint density at radius 3 is 1.24 bits per heavy atom. The van der Waals surface area contributed by atoms with Gasteiger partial charge in [0.05, 0.1) is 25.4 Å². The molecule has 0 bridgehead atoms. The van der Waals surface area contributed by atoms with Crippen molar-refractivity contribution in [3.05, 3.63) is 48.6 Å². The minimum Gasteiger partial charge on any atom is -0.454 e. The van der Waals surface area contributed by atoms with Crippen molar-refractivity contribution in [2.24, 2.45) is 0 Å². The molecule has 0 radical (unpaired) electrons. The maximum atomic E-state index is 13.5. The van der Waals surface area contributed by atoms with Crippen molar-refractivity contribution in [3.8, 4) is 0 Å². The highest BCUT2D eigenvalue weighted by Crippen LogP contribution is 2.26. The molecule has 6 N–H and O–H groups in total. The van der Waals surface area contributed by atoms with Gasteiger partial charge in [-0.25, -0.2) is 0 Å². The van der Waals surface area contributed by atoms with E-state index in [9.17, 15) is 35.1 Å². The average Bonchev–Trinajstić information content (AvgIpc) is 3.34. The van der Waals surface area contributed by atoms with Gasteiger partial charge in [0.2, 0.25) is 5.91 Å². The molecule has 1 aliphatic rings. The largest absolute Gasteiger partial charge is 0.454 e. The van der Waals surface area contributed by atoms with Crippen LogP contribution in [0.3, 0.4) is 0 Å². The number of carbonyl (C=O) groups excluding carboxylic acids is 2. The second-order valence-electron chi connectivity index (χ2n) is 25.3. The van der Waals surface area contributed by atoms with Crippen molar-refractivity contribution in [3.63, 3.8) is 0 Å². The number of amides is 1. The van der Waals surface area contributed by atoms with Gasteiger partial charge in [0, 0.05) is 6.42 Å². The predicted octanol–water partition coefficient (Wildman–Crippen LogP) is 18.7. The van der Waals surface area contributed by atoms with Crippen molar-refractivity contribution in [2.45, 2.75) is 397 Å². The Morgan fingerprint density at radius 2 is 0.812 bits per heavy atom. The molecule has 498 valence electrons. The van der Waals surface area contributed by atoms with Crippen molar-refractivity contribution >= 4 is 11.9 Å². The fraction of sp³-hybridized carbons (Fsp3) is 0.865. The summed E-state index contributed by atoms with van der Waals surface area (Å²) in [6.07, 6.45) is 67.2. The topological polar surface area (TPSA) is 175 Å². The minimum atomic E-state index is -1.61. The standard InChI is InChI=1S/C74H137NO10/c1-4-7-10-13-16-19-22-25-27-29-31-32-33-34-35-36-37-39-41-44-47-50-53-56-59-62-69(79)85-72-71(81)70(80)68(63-76)84-74(72)83-64-65(66(77)60-57-54-51-48-45-42-24-21-18-15-12-9-6-3)75-73(82)67(78)61-58-55-52-49-46-43-40-38-30-28-26-23-20-17-14-11-8-5-2/h16,19,25-28,57,60,65-68,70-72,74,76-78,80-81H,4-15,17-18,20-24,29-56,58-59,61-64H2,1-3H3,(H,75,82)/b19-16-,27-25-,28-26+,60-57+. The van der Waals surface area contributed by atoms with Gasteiger partial charge >= 0.3 is 5.97 Å². The molecule has 1 amide bonds. The molecule has 11 heteroatoms. The first-order valence-corrected chi connectivity index (χ1v) is 36.4. The molecule has 1 heterocycles. The van der Waals surface area contributed by atoms with Crippen LogP contribution in [0.2, 0.25) is 0 Å². The molecule has 0 spiro atoms. The lowest BCUT2D eigenvalue weighted by molar-refractivity contribution is -0.305. The molecule has 0 aromatic rings. The van der Waals surface area contributed by atoms with Crippen LogP contribution in [-0.2, 0) is 23.8 Å². The number of ether oxygens (including phenoxy) is 3. The number of unbranched alkanes of at least 4 members (excludes halogenated alkanes) is 43. The summed E-state index contributed by atoms with van der Waals surface area (Å²) in [5.41, 5.74) is 0. The van der Waals surface area contributed by atoms with Crippen molar-refractivity contribution in [1.82, 2.24) is 5.32 Å². The molecule has 8 atom stereocenters. The van der Waals surface area contributed by atoms with Gasteiger partial charge in [0.15, 0.2) is 12.4 Å². The molecule has 1 rings (SSSR count). The molecule has 0 saturated carbocycles. The first kappa shape index (κ1) is 80.6. The number of carbonyl (C=O) groups is 2. The molecule has 8 unspecified atom stereocenters. The maximum absolute atomic E-state index is 13.5. The van der Waals surface area contributed by atoms with Gasteiger partial charge in [0.1, 0.15) is 24.4 Å². The van der Waals surface area contributed by atoms with E-state index in [0.29, 0.717) is 19.3 Å². The van der Waals surface area contributed by atoms with Crippen molar-refractivity contribution in [2.75, 3.05) is 13.2 Å². The summed E-state index contributed by atoms with van der Waals surface area (Å²) in [6, 6.07) is -1.02. The third-order valence-corrected chi connectivity index (χ3v) is 17.2. The van der Waals surface area contributed by atoms with Crippen LogP contribution in [0.4, 0.5) is 0 Å². The monoisotopic (exact) mass is 1200 g/mol. The number of esters is 1. The maximum Gasteiger partial charge on any atom is 0.306 e. The van der Waals surface area contributed by atoms with Gasteiger partial charge in [0.25, 0.3) is 0 Å². The molecule has 11 nitrogen and oxygen atoms in total. The third-order valence-electron chi connectivity index (χ3n) is 17.2. The fourth-order valence-electron chi connectivity index (χ4n) is 11.4. The molecule has 0 aromatic heterocycles. The molecule has 0 aromatic carbocycles. The van der Waals surface area contributed by atoms with Gasteiger partial charge < -0.3 is 45.1 Å². The first-order valence-electron chi connectivity index (χ1n) is 36.4. The van der Waals surface area contributed by atoms with Gasteiger partial charge in [-0.1, -0.05) is 307 Å². The van der Waals surface area contributed by atoms with Crippen LogP contribution in [0.15, 0.2) is 48.6 Å². The summed E-state index contributed by atoms with van der Waals surface area (Å²) in [6.45, 7) is 5.81. The lowest BCUT2D eigenvalue weighted by atomic mass is 9.99. The van der Waals surface area contributed by atoms with E-state index in [2.05, 4.69) is 62.5 Å². The number of aliphatic hydroxyl groups is 5.